The molecule has 0 fully saturated rings. The first-order chi connectivity index (χ1) is 19.5. The molecule has 1 aliphatic rings. The van der Waals surface area contributed by atoms with Gasteiger partial charge in [-0.2, -0.15) is 0 Å². The van der Waals surface area contributed by atoms with Crippen LogP contribution in [0.1, 0.15) is 84.7 Å². The van der Waals surface area contributed by atoms with Crippen LogP contribution in [0.4, 0.5) is 0 Å². The Labute approximate surface area is 234 Å². The molecule has 0 spiro atoms. The number of ketones is 2. The molecular weight excluding hydrogens is 502 g/mol. The van der Waals surface area contributed by atoms with Gasteiger partial charge >= 0.3 is 5.97 Å². The normalized spacial score (nSPS) is 14.1. The fourth-order valence-electron chi connectivity index (χ4n) is 5.34. The summed E-state index contributed by atoms with van der Waals surface area (Å²) in [5.41, 5.74) is 1.84. The van der Waals surface area contributed by atoms with Gasteiger partial charge in [0.05, 0.1) is 18.7 Å². The van der Waals surface area contributed by atoms with Crippen LogP contribution >= 0.6 is 0 Å². The summed E-state index contributed by atoms with van der Waals surface area (Å²) in [4.78, 5) is 44.3. The van der Waals surface area contributed by atoms with Gasteiger partial charge in [0.2, 0.25) is 0 Å². The number of nitrogens with zero attached hydrogens (tertiary/aromatic N) is 1. The minimum absolute atomic E-state index is 0.236. The molecule has 6 nitrogen and oxygen atoms in total. The van der Waals surface area contributed by atoms with Gasteiger partial charge in [0.25, 0.3) is 0 Å². The maximum atomic E-state index is 13.6. The van der Waals surface area contributed by atoms with Gasteiger partial charge < -0.3 is 9.47 Å². The van der Waals surface area contributed by atoms with Crippen molar-refractivity contribution in [1.82, 2.24) is 4.98 Å². The van der Waals surface area contributed by atoms with E-state index in [2.05, 4.69) is 13.8 Å². The van der Waals surface area contributed by atoms with Crippen LogP contribution in [0, 0.1) is 5.92 Å². The van der Waals surface area contributed by atoms with Crippen LogP contribution in [-0.2, 0) is 9.53 Å². The number of fused-ring (bicyclic) bond motifs is 3. The molecule has 1 atom stereocenters. The number of hydrogen-bond donors (Lipinski definition) is 0. The van der Waals surface area contributed by atoms with E-state index in [0.29, 0.717) is 47.0 Å². The molecule has 1 aliphatic carbocycles. The topological polar surface area (TPSA) is 82.6 Å². The number of pyridine rings is 1. The number of unbranched alkanes of at least 4 members (excludes halogenated alkanes) is 1. The maximum absolute atomic E-state index is 13.6. The second kappa shape index (κ2) is 12.4. The van der Waals surface area contributed by atoms with Crippen molar-refractivity contribution >= 4 is 39.2 Å². The van der Waals surface area contributed by atoms with Crippen LogP contribution in [0.25, 0.3) is 21.7 Å². The molecule has 0 N–H and O–H groups in total. The number of ether oxygens (including phenoxy) is 2. The average molecular weight is 538 g/mol. The van der Waals surface area contributed by atoms with Crippen molar-refractivity contribution in [3.05, 3.63) is 83.6 Å². The molecule has 0 saturated heterocycles. The fraction of sp³-hybridized carbons (Fsp3) is 0.353. The van der Waals surface area contributed by atoms with Crippen molar-refractivity contribution in [2.75, 3.05) is 13.2 Å². The lowest BCUT2D eigenvalue weighted by molar-refractivity contribution is -0.145. The van der Waals surface area contributed by atoms with Crippen molar-refractivity contribution in [3.63, 3.8) is 0 Å². The monoisotopic (exact) mass is 537 g/mol. The summed E-state index contributed by atoms with van der Waals surface area (Å²) >= 11 is 0. The van der Waals surface area contributed by atoms with E-state index in [9.17, 15) is 14.4 Å². The van der Waals surface area contributed by atoms with E-state index in [4.69, 9.17) is 14.5 Å². The molecule has 4 aromatic rings. The molecule has 0 saturated carbocycles. The molecule has 3 aromatic carbocycles. The van der Waals surface area contributed by atoms with E-state index >= 15 is 0 Å². The number of hydrogen-bond acceptors (Lipinski definition) is 6. The van der Waals surface area contributed by atoms with Gasteiger partial charge in [0.1, 0.15) is 17.4 Å². The maximum Gasteiger partial charge on any atom is 0.305 e. The summed E-state index contributed by atoms with van der Waals surface area (Å²) in [5.74, 6) is -1.05. The Balaban J connectivity index is 1.32. The lowest BCUT2D eigenvalue weighted by atomic mass is 9.97. The smallest absolute Gasteiger partial charge is 0.305 e. The summed E-state index contributed by atoms with van der Waals surface area (Å²) in [6.07, 6.45) is 5.02. The van der Waals surface area contributed by atoms with Gasteiger partial charge in [-0.15, -0.1) is 0 Å². The summed E-state index contributed by atoms with van der Waals surface area (Å²) in [7, 11) is 0. The molecule has 0 radical (unpaired) electrons. The molecule has 0 aliphatic heterocycles. The molecule has 1 unspecified atom stereocenters. The third kappa shape index (κ3) is 5.76. The fourth-order valence-corrected chi connectivity index (χ4v) is 5.34. The summed E-state index contributed by atoms with van der Waals surface area (Å²) in [6.45, 7) is 4.98. The number of esters is 1. The van der Waals surface area contributed by atoms with E-state index in [1.165, 1.54) is 0 Å². The number of benzene rings is 3. The van der Waals surface area contributed by atoms with Crippen molar-refractivity contribution in [2.24, 2.45) is 5.92 Å². The summed E-state index contributed by atoms with van der Waals surface area (Å²) < 4.78 is 11.6. The minimum atomic E-state index is -1.06. The van der Waals surface area contributed by atoms with Crippen LogP contribution in [0.3, 0.4) is 0 Å². The molecule has 40 heavy (non-hydrogen) atoms. The van der Waals surface area contributed by atoms with E-state index < -0.39 is 5.92 Å². The molecule has 0 bridgehead atoms. The van der Waals surface area contributed by atoms with Crippen LogP contribution < -0.4 is 4.74 Å². The highest BCUT2D eigenvalue weighted by atomic mass is 16.5. The van der Waals surface area contributed by atoms with Gasteiger partial charge in [-0.3, -0.25) is 14.4 Å². The molecule has 1 aromatic heterocycles. The standard InChI is InChI=1S/C34H35NO5/c1-3-5-11-22(4-2)21-40-30(36)16-10-17-39-29-20-25-14-8-9-15-28(25)35-32(29)31-33(37)26-18-23-12-6-7-13-24(23)19-27(26)34(31)38/h6-9,12-15,18-20,22,31H,3-5,10-11,16-17,21H2,1-2H3. The number of para-hydroxylation sites is 1. The average Bonchev–Trinajstić information content (AvgIpc) is 3.22. The Kier molecular flexibility index (Phi) is 8.54. The number of aromatic nitrogens is 1. The number of carbonyl (C=O) groups excluding carboxylic acids is 3. The van der Waals surface area contributed by atoms with Gasteiger partial charge in [-0.25, -0.2) is 4.98 Å². The van der Waals surface area contributed by atoms with Gasteiger partial charge in [0.15, 0.2) is 11.6 Å². The summed E-state index contributed by atoms with van der Waals surface area (Å²) in [6, 6.07) is 20.7. The molecule has 6 heteroatoms. The molecule has 0 amide bonds. The predicted molar refractivity (Wildman–Crippen MR) is 156 cm³/mol. The quantitative estimate of drug-likeness (QED) is 0.106. The lowest BCUT2D eigenvalue weighted by Crippen LogP contribution is -2.17. The SMILES string of the molecule is CCCCC(CC)COC(=O)CCCOc1cc2ccccc2nc1C1C(=O)c2cc3ccccc3cc2C1=O. The third-order valence-corrected chi connectivity index (χ3v) is 7.74. The van der Waals surface area contributed by atoms with Crippen molar-refractivity contribution in [2.45, 2.75) is 58.3 Å². The van der Waals surface area contributed by atoms with E-state index in [0.717, 1.165) is 41.8 Å². The van der Waals surface area contributed by atoms with Crippen molar-refractivity contribution in [3.8, 4) is 5.75 Å². The van der Waals surface area contributed by atoms with E-state index in [-0.39, 0.29) is 30.6 Å². The molecule has 206 valence electrons. The van der Waals surface area contributed by atoms with E-state index in [1.807, 2.05) is 54.6 Å². The first-order valence-electron chi connectivity index (χ1n) is 14.3. The highest BCUT2D eigenvalue weighted by Gasteiger charge is 2.42. The van der Waals surface area contributed by atoms with Crippen molar-refractivity contribution in [1.29, 1.82) is 0 Å². The first kappa shape index (κ1) is 27.5. The van der Waals surface area contributed by atoms with Crippen LogP contribution in [0.15, 0.2) is 66.7 Å². The zero-order valence-electron chi connectivity index (χ0n) is 23.2. The molecular formula is C34H35NO5. The van der Waals surface area contributed by atoms with Gasteiger partial charge in [0, 0.05) is 22.9 Å². The third-order valence-electron chi connectivity index (χ3n) is 7.74. The zero-order valence-corrected chi connectivity index (χ0v) is 23.2. The predicted octanol–water partition coefficient (Wildman–Crippen LogP) is 7.47. The van der Waals surface area contributed by atoms with Crippen LogP contribution in [-0.4, -0.2) is 35.7 Å². The Morgan fingerprint density at radius 3 is 2.17 bits per heavy atom. The summed E-state index contributed by atoms with van der Waals surface area (Å²) in [5, 5.41) is 2.67. The number of carbonyl (C=O) groups is 3. The highest BCUT2D eigenvalue weighted by molar-refractivity contribution is 6.31. The van der Waals surface area contributed by atoms with Gasteiger partial charge in [-0.1, -0.05) is 75.6 Å². The highest BCUT2D eigenvalue weighted by Crippen LogP contribution is 2.40. The Morgan fingerprint density at radius 1 is 0.875 bits per heavy atom. The Hall–Kier alpha value is -4.06. The second-order valence-electron chi connectivity index (χ2n) is 10.5. The minimum Gasteiger partial charge on any atom is -0.492 e. The molecule has 1 heterocycles. The van der Waals surface area contributed by atoms with Crippen LogP contribution in [0.2, 0.25) is 0 Å². The Bertz CT molecular complexity index is 1500. The number of rotatable bonds is 12. The largest absolute Gasteiger partial charge is 0.492 e. The second-order valence-corrected chi connectivity index (χ2v) is 10.5. The first-order valence-corrected chi connectivity index (χ1v) is 14.3. The Morgan fingerprint density at radius 2 is 1.52 bits per heavy atom. The zero-order chi connectivity index (χ0) is 28.1. The van der Waals surface area contributed by atoms with Gasteiger partial charge in [-0.05, 0) is 53.8 Å². The van der Waals surface area contributed by atoms with Crippen LogP contribution in [0.5, 0.6) is 5.75 Å². The lowest BCUT2D eigenvalue weighted by Gasteiger charge is -2.16. The van der Waals surface area contributed by atoms with E-state index in [1.54, 1.807) is 12.1 Å². The van der Waals surface area contributed by atoms with Crippen molar-refractivity contribution < 1.29 is 23.9 Å². The molecule has 5 rings (SSSR count). The number of Topliss-reactive ketones (excluding diaryl/α,β-unsaturated/α-hetero) is 2.